The third kappa shape index (κ3) is 4.93. The molecule has 0 unspecified atom stereocenters. The minimum Gasteiger partial charge on any atom is -0.340 e. The summed E-state index contributed by atoms with van der Waals surface area (Å²) >= 11 is 0. The molecule has 0 aliphatic carbocycles. The zero-order valence-electron chi connectivity index (χ0n) is 18.4. The minimum absolute atomic E-state index is 0.0374. The van der Waals surface area contributed by atoms with Crippen molar-refractivity contribution < 1.29 is 22.8 Å². The molecule has 0 spiro atoms. The summed E-state index contributed by atoms with van der Waals surface area (Å²) in [6.07, 6.45) is 0.931. The van der Waals surface area contributed by atoms with E-state index in [1.807, 2.05) is 60.7 Å². The second kappa shape index (κ2) is 8.97. The lowest BCUT2D eigenvalue weighted by Crippen LogP contribution is -2.51. The first kappa shape index (κ1) is 23.0. The van der Waals surface area contributed by atoms with E-state index in [4.69, 9.17) is 0 Å². The molecule has 0 bridgehead atoms. The van der Waals surface area contributed by atoms with Crippen LogP contribution in [-0.2, 0) is 32.3 Å². The third-order valence-corrected chi connectivity index (χ3v) is 8.14. The second-order valence-corrected chi connectivity index (χ2v) is 11.0. The average molecular weight is 470 g/mol. The highest BCUT2D eigenvalue weighted by Crippen LogP contribution is 2.27. The number of benzene rings is 2. The van der Waals surface area contributed by atoms with Crippen molar-refractivity contribution in [2.45, 2.75) is 30.8 Å². The van der Waals surface area contributed by atoms with E-state index in [0.717, 1.165) is 16.0 Å². The van der Waals surface area contributed by atoms with Crippen molar-refractivity contribution in [2.24, 2.45) is 0 Å². The lowest BCUT2D eigenvalue weighted by atomic mass is 9.84. The molecule has 1 atom stereocenters. The molecule has 0 saturated carbocycles. The van der Waals surface area contributed by atoms with Gasteiger partial charge in [0, 0.05) is 25.9 Å². The number of imide groups is 1. The minimum atomic E-state index is -3.16. The van der Waals surface area contributed by atoms with Gasteiger partial charge in [0.1, 0.15) is 12.1 Å². The first-order valence-corrected chi connectivity index (χ1v) is 12.7. The van der Waals surface area contributed by atoms with Crippen LogP contribution in [0, 0.1) is 0 Å². The Kier molecular flexibility index (Phi) is 6.25. The molecule has 1 N–H and O–H groups in total. The maximum absolute atomic E-state index is 13.6. The van der Waals surface area contributed by atoms with Gasteiger partial charge in [-0.2, -0.15) is 0 Å². The average Bonchev–Trinajstić information content (AvgIpc) is 3.26. The number of nitrogens with zero attached hydrogens (tertiary/aromatic N) is 2. The van der Waals surface area contributed by atoms with Crippen LogP contribution in [0.1, 0.15) is 17.5 Å². The summed E-state index contributed by atoms with van der Waals surface area (Å²) in [6, 6.07) is 17.8. The standard InChI is InChI=1S/C24H27N3O5S/c1-26(20-12-13-33(31,32)17-20)21(28)16-27-22(29)24(25-23(27)30,14-18-8-4-2-5-9-18)15-19-10-6-3-7-11-19/h2-11,20H,12-17H2,1H3,(H,25,30)/t20-/m0/s1. The van der Waals surface area contributed by atoms with Crippen molar-refractivity contribution in [3.05, 3.63) is 71.8 Å². The number of amides is 4. The van der Waals surface area contributed by atoms with E-state index in [-0.39, 0.29) is 24.3 Å². The Balaban J connectivity index is 1.56. The molecule has 2 aromatic rings. The second-order valence-electron chi connectivity index (χ2n) is 8.79. The zero-order chi connectivity index (χ0) is 23.6. The molecule has 4 amide bonds. The monoisotopic (exact) mass is 469 g/mol. The Morgan fingerprint density at radius 2 is 1.58 bits per heavy atom. The van der Waals surface area contributed by atoms with E-state index in [9.17, 15) is 22.8 Å². The smallest absolute Gasteiger partial charge is 0.325 e. The van der Waals surface area contributed by atoms with Crippen molar-refractivity contribution in [3.8, 4) is 0 Å². The molecule has 2 aliphatic heterocycles. The van der Waals surface area contributed by atoms with Gasteiger partial charge in [0.15, 0.2) is 9.84 Å². The van der Waals surface area contributed by atoms with Crippen LogP contribution in [0.15, 0.2) is 60.7 Å². The van der Waals surface area contributed by atoms with Gasteiger partial charge in [0.2, 0.25) is 5.91 Å². The number of carbonyl (C=O) groups excluding carboxylic acids is 3. The number of rotatable bonds is 7. The number of hydrogen-bond donors (Lipinski definition) is 1. The Morgan fingerprint density at radius 1 is 1.03 bits per heavy atom. The largest absolute Gasteiger partial charge is 0.340 e. The van der Waals surface area contributed by atoms with E-state index in [1.54, 1.807) is 0 Å². The number of urea groups is 1. The summed E-state index contributed by atoms with van der Waals surface area (Å²) in [6.45, 7) is -0.428. The lowest BCUT2D eigenvalue weighted by Gasteiger charge is -2.28. The fraction of sp³-hybridized carbons (Fsp3) is 0.375. The Bertz CT molecular complexity index is 1110. The van der Waals surface area contributed by atoms with Gasteiger partial charge >= 0.3 is 6.03 Å². The van der Waals surface area contributed by atoms with Crippen LogP contribution in [0.5, 0.6) is 0 Å². The Hall–Kier alpha value is -3.20. The van der Waals surface area contributed by atoms with Gasteiger partial charge in [0.05, 0.1) is 11.5 Å². The molecular weight excluding hydrogens is 442 g/mol. The van der Waals surface area contributed by atoms with Crippen LogP contribution < -0.4 is 5.32 Å². The highest BCUT2D eigenvalue weighted by molar-refractivity contribution is 7.91. The highest BCUT2D eigenvalue weighted by Gasteiger charge is 2.52. The maximum atomic E-state index is 13.6. The predicted octanol–water partition coefficient (Wildman–Crippen LogP) is 1.41. The molecule has 2 aromatic carbocycles. The summed E-state index contributed by atoms with van der Waals surface area (Å²) in [5.74, 6) is -0.978. The fourth-order valence-corrected chi connectivity index (χ4v) is 6.32. The summed E-state index contributed by atoms with van der Waals surface area (Å²) in [5.41, 5.74) is 0.571. The van der Waals surface area contributed by atoms with Crippen LogP contribution in [0.2, 0.25) is 0 Å². The molecule has 2 aliphatic rings. The van der Waals surface area contributed by atoms with Crippen molar-refractivity contribution in [1.29, 1.82) is 0 Å². The molecular formula is C24H27N3O5S. The van der Waals surface area contributed by atoms with Crippen LogP contribution in [0.3, 0.4) is 0 Å². The number of hydrogen-bond acceptors (Lipinski definition) is 5. The number of likely N-dealkylation sites (N-methyl/N-ethyl adjacent to an activating group) is 1. The van der Waals surface area contributed by atoms with Crippen LogP contribution >= 0.6 is 0 Å². The number of sulfone groups is 1. The fourth-order valence-electron chi connectivity index (χ4n) is 4.54. The topological polar surface area (TPSA) is 104 Å². The quantitative estimate of drug-likeness (QED) is 0.618. The first-order chi connectivity index (χ1) is 15.7. The summed E-state index contributed by atoms with van der Waals surface area (Å²) in [7, 11) is -1.64. The normalized spacial score (nSPS) is 21.1. The molecule has 4 rings (SSSR count). The van der Waals surface area contributed by atoms with Gasteiger partial charge in [-0.05, 0) is 17.5 Å². The van der Waals surface area contributed by atoms with Crippen LogP contribution in [-0.4, -0.2) is 72.7 Å². The maximum Gasteiger partial charge on any atom is 0.325 e. The van der Waals surface area contributed by atoms with Gasteiger partial charge in [-0.3, -0.25) is 14.5 Å². The first-order valence-electron chi connectivity index (χ1n) is 10.9. The molecule has 9 heteroatoms. The van der Waals surface area contributed by atoms with E-state index < -0.39 is 45.8 Å². The summed E-state index contributed by atoms with van der Waals surface area (Å²) < 4.78 is 23.6. The molecule has 33 heavy (non-hydrogen) atoms. The lowest BCUT2D eigenvalue weighted by molar-refractivity contribution is -0.139. The summed E-state index contributed by atoms with van der Waals surface area (Å²) in [5, 5.41) is 2.86. The highest BCUT2D eigenvalue weighted by atomic mass is 32.2. The molecule has 174 valence electrons. The van der Waals surface area contributed by atoms with Gasteiger partial charge in [-0.1, -0.05) is 60.7 Å². The molecule has 2 heterocycles. The van der Waals surface area contributed by atoms with Crippen molar-refractivity contribution in [1.82, 2.24) is 15.1 Å². The van der Waals surface area contributed by atoms with Crippen LogP contribution in [0.25, 0.3) is 0 Å². The van der Waals surface area contributed by atoms with Crippen molar-refractivity contribution >= 4 is 27.7 Å². The number of carbonyl (C=O) groups is 3. The predicted molar refractivity (Wildman–Crippen MR) is 123 cm³/mol. The number of nitrogens with one attached hydrogen (secondary N) is 1. The third-order valence-electron chi connectivity index (χ3n) is 6.39. The van der Waals surface area contributed by atoms with E-state index in [1.165, 1.54) is 11.9 Å². The van der Waals surface area contributed by atoms with E-state index >= 15 is 0 Å². The molecule has 8 nitrogen and oxygen atoms in total. The Morgan fingerprint density at radius 3 is 2.06 bits per heavy atom. The van der Waals surface area contributed by atoms with E-state index in [2.05, 4.69) is 5.32 Å². The molecule has 0 aromatic heterocycles. The summed E-state index contributed by atoms with van der Waals surface area (Å²) in [4.78, 5) is 41.7. The van der Waals surface area contributed by atoms with Crippen molar-refractivity contribution in [3.63, 3.8) is 0 Å². The molecule has 2 saturated heterocycles. The SMILES string of the molecule is CN(C(=O)CN1C(=O)NC(Cc2ccccc2)(Cc2ccccc2)C1=O)[C@H]1CCS(=O)(=O)C1. The molecule has 2 fully saturated rings. The van der Waals surface area contributed by atoms with E-state index in [0.29, 0.717) is 6.42 Å². The van der Waals surface area contributed by atoms with Gasteiger partial charge < -0.3 is 10.2 Å². The Labute approximate surface area is 193 Å². The van der Waals surface area contributed by atoms with Gasteiger partial charge in [-0.25, -0.2) is 13.2 Å². The zero-order valence-corrected chi connectivity index (χ0v) is 19.3. The van der Waals surface area contributed by atoms with Gasteiger partial charge in [0.25, 0.3) is 5.91 Å². The van der Waals surface area contributed by atoms with Crippen molar-refractivity contribution in [2.75, 3.05) is 25.1 Å². The molecule has 0 radical (unpaired) electrons. The van der Waals surface area contributed by atoms with Gasteiger partial charge in [-0.15, -0.1) is 0 Å². The van der Waals surface area contributed by atoms with Crippen LogP contribution in [0.4, 0.5) is 4.79 Å².